The molecule has 6 heteroatoms. The van der Waals surface area contributed by atoms with Gasteiger partial charge in [-0.1, -0.05) is 78.9 Å². The quantitative estimate of drug-likeness (QED) is 0.326. The molecule has 2 saturated heterocycles. The number of aromatic amines is 1. The smallest absolute Gasteiger partial charge is 0.246 e. The number of hydrogen-bond donors (Lipinski definition) is 2. The Kier molecular flexibility index (Phi) is 7.69. The number of para-hydroxylation sites is 1. The van der Waals surface area contributed by atoms with Crippen LogP contribution < -0.4 is 5.32 Å². The minimum absolute atomic E-state index is 0.0101. The predicted molar refractivity (Wildman–Crippen MR) is 159 cm³/mol. The number of carbonyl (C=O) groups is 2. The minimum Gasteiger partial charge on any atom is -0.361 e. The van der Waals surface area contributed by atoms with Crippen LogP contribution in [0.1, 0.15) is 36.0 Å². The van der Waals surface area contributed by atoms with Crippen molar-refractivity contribution in [3.63, 3.8) is 0 Å². The molecule has 2 aliphatic rings. The van der Waals surface area contributed by atoms with E-state index in [-0.39, 0.29) is 11.8 Å². The summed E-state index contributed by atoms with van der Waals surface area (Å²) in [7, 11) is 0. The predicted octanol–water partition coefficient (Wildman–Crippen LogP) is 4.75. The number of nitrogens with zero attached hydrogens (tertiary/aromatic N) is 2. The van der Waals surface area contributed by atoms with Crippen LogP contribution in [0.3, 0.4) is 0 Å². The third-order valence-corrected chi connectivity index (χ3v) is 8.84. The Bertz CT molecular complexity index is 1440. The molecule has 1 unspecified atom stereocenters. The van der Waals surface area contributed by atoms with Gasteiger partial charge < -0.3 is 20.1 Å². The summed E-state index contributed by atoms with van der Waals surface area (Å²) in [6, 6.07) is 28.3. The molecule has 2 N–H and O–H groups in total. The molecule has 1 aromatic heterocycles. The standard InChI is InChI=1S/C34H38N4O2/c39-32-31(24-27-12-5-2-6-13-27)36-33(40)34(38(32)21-17-28-25-35-30-16-8-7-15-29(28)30)18-22-37(23-19-34)20-9-14-26-10-3-1-4-11-26/h1-8,10-13,15-16,25,31,35H,9,14,17-24H2,(H,36,40). The van der Waals surface area contributed by atoms with Crippen molar-refractivity contribution in [2.75, 3.05) is 26.2 Å². The van der Waals surface area contributed by atoms with Gasteiger partial charge in [-0.15, -0.1) is 0 Å². The van der Waals surface area contributed by atoms with E-state index in [4.69, 9.17) is 0 Å². The third kappa shape index (κ3) is 5.41. The number of carbonyl (C=O) groups excluding carboxylic acids is 2. The summed E-state index contributed by atoms with van der Waals surface area (Å²) in [5.74, 6) is 0.0525. The lowest BCUT2D eigenvalue weighted by Gasteiger charge is -2.51. The fourth-order valence-electron chi connectivity index (χ4n) is 6.55. The van der Waals surface area contributed by atoms with Crippen molar-refractivity contribution in [2.24, 2.45) is 0 Å². The van der Waals surface area contributed by atoms with Crippen molar-refractivity contribution in [1.82, 2.24) is 20.1 Å². The van der Waals surface area contributed by atoms with E-state index in [1.807, 2.05) is 53.6 Å². The van der Waals surface area contributed by atoms with E-state index in [1.54, 1.807) is 0 Å². The van der Waals surface area contributed by atoms with Gasteiger partial charge in [-0.25, -0.2) is 0 Å². The van der Waals surface area contributed by atoms with Crippen molar-refractivity contribution in [3.8, 4) is 0 Å². The molecule has 1 spiro atoms. The summed E-state index contributed by atoms with van der Waals surface area (Å²) >= 11 is 0. The van der Waals surface area contributed by atoms with Gasteiger partial charge in [0, 0.05) is 43.2 Å². The number of benzene rings is 3. The third-order valence-electron chi connectivity index (χ3n) is 8.84. The molecule has 206 valence electrons. The van der Waals surface area contributed by atoms with Gasteiger partial charge in [0.1, 0.15) is 11.6 Å². The molecule has 40 heavy (non-hydrogen) atoms. The molecule has 0 saturated carbocycles. The van der Waals surface area contributed by atoms with Gasteiger partial charge in [0.2, 0.25) is 11.8 Å². The zero-order valence-electron chi connectivity index (χ0n) is 23.0. The molecular formula is C34H38N4O2. The molecule has 4 aromatic rings. The number of H-pyrrole nitrogens is 1. The summed E-state index contributed by atoms with van der Waals surface area (Å²) in [5, 5.41) is 4.33. The van der Waals surface area contributed by atoms with Crippen LogP contribution in [0.15, 0.2) is 91.1 Å². The molecule has 3 aromatic carbocycles. The van der Waals surface area contributed by atoms with Gasteiger partial charge in [0.15, 0.2) is 0 Å². The van der Waals surface area contributed by atoms with E-state index in [1.165, 1.54) is 16.5 Å². The molecule has 3 heterocycles. The number of hydrogen-bond acceptors (Lipinski definition) is 3. The molecule has 0 radical (unpaired) electrons. The summed E-state index contributed by atoms with van der Waals surface area (Å²) in [6.45, 7) is 3.19. The van der Waals surface area contributed by atoms with Crippen LogP contribution in [0.4, 0.5) is 0 Å². The summed E-state index contributed by atoms with van der Waals surface area (Å²) in [4.78, 5) is 35.7. The number of aryl methyl sites for hydroxylation is 1. The number of piperidine rings is 1. The van der Waals surface area contributed by atoms with Gasteiger partial charge >= 0.3 is 0 Å². The van der Waals surface area contributed by atoms with Crippen molar-refractivity contribution in [2.45, 2.75) is 50.1 Å². The molecule has 0 aliphatic carbocycles. The molecule has 6 rings (SSSR count). The van der Waals surface area contributed by atoms with E-state index in [0.29, 0.717) is 32.2 Å². The van der Waals surface area contributed by atoms with Crippen LogP contribution in [-0.2, 0) is 28.9 Å². The van der Waals surface area contributed by atoms with E-state index in [9.17, 15) is 9.59 Å². The highest BCUT2D eigenvalue weighted by Gasteiger charge is 2.53. The average molecular weight is 535 g/mol. The Balaban J connectivity index is 1.17. The second-order valence-corrected chi connectivity index (χ2v) is 11.3. The number of fused-ring (bicyclic) bond motifs is 1. The first kappa shape index (κ1) is 26.3. The second-order valence-electron chi connectivity index (χ2n) is 11.3. The van der Waals surface area contributed by atoms with Crippen molar-refractivity contribution >= 4 is 22.7 Å². The maximum atomic E-state index is 14.1. The van der Waals surface area contributed by atoms with Crippen molar-refractivity contribution in [1.29, 1.82) is 0 Å². The van der Waals surface area contributed by atoms with Crippen molar-refractivity contribution in [3.05, 3.63) is 108 Å². The Morgan fingerprint density at radius 3 is 2.20 bits per heavy atom. The van der Waals surface area contributed by atoms with Crippen LogP contribution in [0.25, 0.3) is 10.9 Å². The topological polar surface area (TPSA) is 68.4 Å². The zero-order chi connectivity index (χ0) is 27.4. The molecule has 6 nitrogen and oxygen atoms in total. The second kappa shape index (κ2) is 11.7. The fourth-order valence-corrected chi connectivity index (χ4v) is 6.55. The fraction of sp³-hybridized carbons (Fsp3) is 0.353. The van der Waals surface area contributed by atoms with E-state index >= 15 is 0 Å². The van der Waals surface area contributed by atoms with E-state index < -0.39 is 11.6 Å². The first-order valence-electron chi connectivity index (χ1n) is 14.6. The normalized spacial score (nSPS) is 19.3. The van der Waals surface area contributed by atoms with Gasteiger partial charge in [-0.3, -0.25) is 9.59 Å². The number of nitrogens with one attached hydrogen (secondary N) is 2. The van der Waals surface area contributed by atoms with Crippen LogP contribution >= 0.6 is 0 Å². The number of amides is 2. The van der Waals surface area contributed by atoms with Gasteiger partial charge in [0.25, 0.3) is 0 Å². The summed E-state index contributed by atoms with van der Waals surface area (Å²) in [5.41, 5.74) is 3.91. The molecule has 2 fully saturated rings. The van der Waals surface area contributed by atoms with Crippen molar-refractivity contribution < 1.29 is 9.59 Å². The monoisotopic (exact) mass is 534 g/mol. The molecule has 2 amide bonds. The van der Waals surface area contributed by atoms with Crippen LogP contribution in [0.2, 0.25) is 0 Å². The largest absolute Gasteiger partial charge is 0.361 e. The van der Waals surface area contributed by atoms with Crippen LogP contribution in [0.5, 0.6) is 0 Å². The summed E-state index contributed by atoms with van der Waals surface area (Å²) in [6.07, 6.45) is 6.75. The molecular weight excluding hydrogens is 496 g/mol. The maximum absolute atomic E-state index is 14.1. The highest BCUT2D eigenvalue weighted by atomic mass is 16.2. The lowest BCUT2D eigenvalue weighted by atomic mass is 9.80. The minimum atomic E-state index is -0.785. The van der Waals surface area contributed by atoms with Gasteiger partial charge in [0.05, 0.1) is 0 Å². The van der Waals surface area contributed by atoms with Crippen LogP contribution in [-0.4, -0.2) is 64.4 Å². The first-order valence-corrected chi connectivity index (χ1v) is 14.6. The highest BCUT2D eigenvalue weighted by Crippen LogP contribution is 2.34. The average Bonchev–Trinajstić information content (AvgIpc) is 3.41. The maximum Gasteiger partial charge on any atom is 0.246 e. The molecule has 1 atom stereocenters. The number of aromatic nitrogens is 1. The molecule has 0 bridgehead atoms. The van der Waals surface area contributed by atoms with Gasteiger partial charge in [-0.2, -0.15) is 0 Å². The lowest BCUT2D eigenvalue weighted by Crippen LogP contribution is -2.73. The Hall–Kier alpha value is -3.90. The number of likely N-dealkylation sites (tertiary alicyclic amines) is 1. The van der Waals surface area contributed by atoms with E-state index in [2.05, 4.69) is 57.7 Å². The Morgan fingerprint density at radius 1 is 0.775 bits per heavy atom. The lowest BCUT2D eigenvalue weighted by molar-refractivity contribution is -0.161. The molecule has 2 aliphatic heterocycles. The Morgan fingerprint density at radius 2 is 1.45 bits per heavy atom. The van der Waals surface area contributed by atoms with Crippen LogP contribution in [0, 0.1) is 0 Å². The summed E-state index contributed by atoms with van der Waals surface area (Å²) < 4.78 is 0. The zero-order valence-corrected chi connectivity index (χ0v) is 23.0. The number of rotatable bonds is 9. The first-order chi connectivity index (χ1) is 19.6. The Labute approximate surface area is 236 Å². The highest BCUT2D eigenvalue weighted by molar-refractivity contribution is 6.00. The van der Waals surface area contributed by atoms with E-state index in [0.717, 1.165) is 43.6 Å². The SMILES string of the molecule is O=C1C(Cc2ccccc2)NC(=O)C2(CCN(CCCc3ccccc3)CC2)N1CCc1c[nH]c2ccccc12. The van der Waals surface area contributed by atoms with Gasteiger partial charge in [-0.05, 0) is 61.4 Å². The number of piperazine rings is 1.